The average molecular weight is 397 g/mol. The van der Waals surface area contributed by atoms with E-state index in [2.05, 4.69) is 61.6 Å². The van der Waals surface area contributed by atoms with Gasteiger partial charge in [0, 0.05) is 21.9 Å². The first kappa shape index (κ1) is 15.9. The van der Waals surface area contributed by atoms with Crippen molar-refractivity contribution < 1.29 is 4.42 Å². The molecule has 2 N–H and O–H groups in total. The lowest BCUT2D eigenvalue weighted by molar-refractivity contribution is 0.578. The summed E-state index contributed by atoms with van der Waals surface area (Å²) in [4.78, 5) is 3.40. The number of rotatable bonds is 5. The smallest absolute Gasteiger partial charge is 0.316 e. The number of aromatic nitrogens is 3. The van der Waals surface area contributed by atoms with E-state index in [9.17, 15) is 0 Å². The Hall–Kier alpha value is -2.60. The average Bonchev–Trinajstić information content (AvgIpc) is 3.24. The van der Waals surface area contributed by atoms with Crippen LogP contribution in [0, 0.1) is 0 Å². The van der Waals surface area contributed by atoms with Crippen LogP contribution >= 0.6 is 15.9 Å². The molecule has 2 heterocycles. The highest BCUT2D eigenvalue weighted by molar-refractivity contribution is 9.10. The quantitative estimate of drug-likeness (QED) is 0.489. The van der Waals surface area contributed by atoms with Gasteiger partial charge in [0.1, 0.15) is 5.69 Å². The van der Waals surface area contributed by atoms with Crippen molar-refractivity contribution in [2.75, 3.05) is 5.32 Å². The predicted molar refractivity (Wildman–Crippen MR) is 102 cm³/mol. The van der Waals surface area contributed by atoms with Gasteiger partial charge in [-0.25, -0.2) is 0 Å². The lowest BCUT2D eigenvalue weighted by Gasteiger charge is -2.00. The Morgan fingerprint density at radius 1 is 1.12 bits per heavy atom. The molecule has 2 aromatic heterocycles. The number of nitrogens with one attached hydrogen (secondary N) is 2. The summed E-state index contributed by atoms with van der Waals surface area (Å²) in [5.41, 5.74) is 4.28. The predicted octanol–water partition coefficient (Wildman–Crippen LogP) is 5.15. The summed E-state index contributed by atoms with van der Waals surface area (Å²) in [5.74, 6) is 0.500. The van der Waals surface area contributed by atoms with Crippen LogP contribution in [0.5, 0.6) is 0 Å². The molecule has 0 aliphatic carbocycles. The lowest BCUT2D eigenvalue weighted by Crippen LogP contribution is -1.98. The fourth-order valence-electron chi connectivity index (χ4n) is 2.94. The van der Waals surface area contributed by atoms with Gasteiger partial charge in [-0.3, -0.25) is 0 Å². The Labute approximate surface area is 153 Å². The number of halogens is 1. The summed E-state index contributed by atoms with van der Waals surface area (Å²) in [6.07, 6.45) is 0.876. The van der Waals surface area contributed by atoms with Crippen LogP contribution in [0.4, 0.5) is 6.01 Å². The SMILES string of the molecule is CCc1c(-c2nnc(NCc3ccccc3)o2)[nH]c2ccc(Br)cc12. The first-order valence-corrected chi connectivity index (χ1v) is 8.95. The Morgan fingerprint density at radius 3 is 2.76 bits per heavy atom. The third kappa shape index (κ3) is 3.17. The van der Waals surface area contributed by atoms with E-state index in [1.54, 1.807) is 0 Å². The van der Waals surface area contributed by atoms with Crippen molar-refractivity contribution in [1.29, 1.82) is 0 Å². The minimum absolute atomic E-state index is 0.417. The molecule has 2 aromatic carbocycles. The topological polar surface area (TPSA) is 66.7 Å². The molecule has 0 fully saturated rings. The fourth-order valence-corrected chi connectivity index (χ4v) is 3.30. The van der Waals surface area contributed by atoms with Crippen LogP contribution in [0.25, 0.3) is 22.5 Å². The highest BCUT2D eigenvalue weighted by Gasteiger charge is 2.17. The van der Waals surface area contributed by atoms with Crippen LogP contribution in [-0.4, -0.2) is 15.2 Å². The van der Waals surface area contributed by atoms with E-state index in [1.807, 2.05) is 30.3 Å². The van der Waals surface area contributed by atoms with Crippen molar-refractivity contribution in [1.82, 2.24) is 15.2 Å². The Morgan fingerprint density at radius 2 is 1.96 bits per heavy atom. The Bertz CT molecular complexity index is 1010. The van der Waals surface area contributed by atoms with Gasteiger partial charge in [-0.05, 0) is 35.7 Å². The number of hydrogen-bond acceptors (Lipinski definition) is 4. The number of H-pyrrole nitrogens is 1. The van der Waals surface area contributed by atoms with E-state index < -0.39 is 0 Å². The first-order chi connectivity index (χ1) is 12.2. The van der Waals surface area contributed by atoms with Crippen LogP contribution in [-0.2, 0) is 13.0 Å². The molecule has 0 aliphatic heterocycles. The number of nitrogens with zero attached hydrogens (tertiary/aromatic N) is 2. The van der Waals surface area contributed by atoms with Gasteiger partial charge in [0.25, 0.3) is 5.89 Å². The Balaban J connectivity index is 1.62. The van der Waals surface area contributed by atoms with Crippen LogP contribution in [0.2, 0.25) is 0 Å². The summed E-state index contributed by atoms with van der Waals surface area (Å²) >= 11 is 3.53. The maximum Gasteiger partial charge on any atom is 0.316 e. The zero-order chi connectivity index (χ0) is 17.2. The van der Waals surface area contributed by atoms with Gasteiger partial charge < -0.3 is 14.7 Å². The third-order valence-corrected chi connectivity index (χ3v) is 4.64. The molecule has 0 unspecified atom stereocenters. The van der Waals surface area contributed by atoms with Crippen LogP contribution < -0.4 is 5.32 Å². The summed E-state index contributed by atoms with van der Waals surface area (Å²) in [6.45, 7) is 2.76. The lowest BCUT2D eigenvalue weighted by atomic mass is 10.1. The molecule has 0 bridgehead atoms. The van der Waals surface area contributed by atoms with Crippen LogP contribution in [0.15, 0.2) is 57.4 Å². The molecule has 5 nitrogen and oxygen atoms in total. The summed E-state index contributed by atoms with van der Waals surface area (Å²) < 4.78 is 6.87. The molecule has 6 heteroatoms. The second-order valence-corrected chi connectivity index (χ2v) is 6.69. The van der Waals surface area contributed by atoms with E-state index in [4.69, 9.17) is 4.42 Å². The van der Waals surface area contributed by atoms with Crippen molar-refractivity contribution in [2.24, 2.45) is 0 Å². The van der Waals surface area contributed by atoms with Gasteiger partial charge in [0.15, 0.2) is 0 Å². The van der Waals surface area contributed by atoms with Gasteiger partial charge in [-0.15, -0.1) is 5.10 Å². The third-order valence-electron chi connectivity index (χ3n) is 4.15. The van der Waals surface area contributed by atoms with Crippen molar-refractivity contribution in [3.05, 3.63) is 64.1 Å². The molecule has 0 aliphatic rings. The number of benzene rings is 2. The monoisotopic (exact) mass is 396 g/mol. The first-order valence-electron chi connectivity index (χ1n) is 8.16. The molecule has 0 amide bonds. The molecular formula is C19H17BrN4O. The fraction of sp³-hybridized carbons (Fsp3) is 0.158. The Kier molecular flexibility index (Phi) is 4.28. The van der Waals surface area contributed by atoms with Gasteiger partial charge in [-0.1, -0.05) is 58.3 Å². The number of aromatic amines is 1. The normalized spacial score (nSPS) is 11.1. The highest BCUT2D eigenvalue weighted by atomic mass is 79.9. The molecule has 0 spiro atoms. The van der Waals surface area contributed by atoms with Gasteiger partial charge in [0.05, 0.1) is 0 Å². The number of fused-ring (bicyclic) bond motifs is 1. The number of aryl methyl sites for hydroxylation is 1. The minimum atomic E-state index is 0.417. The van der Waals surface area contributed by atoms with Crippen molar-refractivity contribution in [2.45, 2.75) is 19.9 Å². The maximum absolute atomic E-state index is 5.82. The van der Waals surface area contributed by atoms with Crippen molar-refractivity contribution in [3.63, 3.8) is 0 Å². The zero-order valence-corrected chi connectivity index (χ0v) is 15.3. The number of hydrogen-bond donors (Lipinski definition) is 2. The molecule has 0 radical (unpaired) electrons. The standard InChI is InChI=1S/C19H17BrN4O/c1-2-14-15-10-13(20)8-9-16(15)22-17(14)18-23-24-19(25-18)21-11-12-6-4-3-5-7-12/h3-10,22H,2,11H2,1H3,(H,21,24). The van der Waals surface area contributed by atoms with Crippen molar-refractivity contribution >= 4 is 32.8 Å². The summed E-state index contributed by atoms with van der Waals surface area (Å²) in [6, 6.07) is 16.7. The van der Waals surface area contributed by atoms with Crippen LogP contribution in [0.1, 0.15) is 18.1 Å². The number of anilines is 1. The maximum atomic E-state index is 5.82. The van der Waals surface area contributed by atoms with Gasteiger partial charge in [-0.2, -0.15) is 0 Å². The second-order valence-electron chi connectivity index (χ2n) is 5.77. The summed E-state index contributed by atoms with van der Waals surface area (Å²) in [5, 5.41) is 12.7. The van der Waals surface area contributed by atoms with E-state index in [-0.39, 0.29) is 0 Å². The van der Waals surface area contributed by atoms with Crippen molar-refractivity contribution in [3.8, 4) is 11.6 Å². The van der Waals surface area contributed by atoms with E-state index in [0.717, 1.165) is 27.7 Å². The second kappa shape index (κ2) is 6.72. The van der Waals surface area contributed by atoms with E-state index in [1.165, 1.54) is 10.9 Å². The van der Waals surface area contributed by atoms with Crippen LogP contribution in [0.3, 0.4) is 0 Å². The van der Waals surface area contributed by atoms with Gasteiger partial charge in [0.2, 0.25) is 0 Å². The molecule has 0 saturated heterocycles. The highest BCUT2D eigenvalue weighted by Crippen LogP contribution is 2.32. The minimum Gasteiger partial charge on any atom is -0.402 e. The summed E-state index contributed by atoms with van der Waals surface area (Å²) in [7, 11) is 0. The van der Waals surface area contributed by atoms with E-state index in [0.29, 0.717) is 18.5 Å². The largest absolute Gasteiger partial charge is 0.402 e. The molecule has 4 rings (SSSR count). The molecule has 0 saturated carbocycles. The molecule has 0 atom stereocenters. The molecule has 126 valence electrons. The molecule has 4 aromatic rings. The zero-order valence-electron chi connectivity index (χ0n) is 13.7. The van der Waals surface area contributed by atoms with E-state index >= 15 is 0 Å². The van der Waals surface area contributed by atoms with Gasteiger partial charge >= 0.3 is 6.01 Å². The molecular weight excluding hydrogens is 380 g/mol. The molecule has 25 heavy (non-hydrogen) atoms.